The summed E-state index contributed by atoms with van der Waals surface area (Å²) in [5, 5.41) is 9.33. The van der Waals surface area contributed by atoms with Crippen LogP contribution in [0.4, 0.5) is 0 Å². The quantitative estimate of drug-likeness (QED) is 0.837. The van der Waals surface area contributed by atoms with Crippen LogP contribution in [0, 0.1) is 18.3 Å². The molecule has 142 valence electrons. The van der Waals surface area contributed by atoms with Crippen LogP contribution in [-0.2, 0) is 4.74 Å². The molecule has 0 spiro atoms. The van der Waals surface area contributed by atoms with Crippen LogP contribution in [0.2, 0.25) is 0 Å². The highest BCUT2D eigenvalue weighted by Gasteiger charge is 2.14. The van der Waals surface area contributed by atoms with E-state index in [9.17, 15) is 10.1 Å². The number of nitrogens with zero attached hydrogens (tertiary/aromatic N) is 2. The Bertz CT molecular complexity index is 895. The largest absolute Gasteiger partial charge is 0.493 e. The van der Waals surface area contributed by atoms with Gasteiger partial charge in [-0.25, -0.2) is 0 Å². The van der Waals surface area contributed by atoms with E-state index in [-0.39, 0.29) is 5.56 Å². The highest BCUT2D eigenvalue weighted by atomic mass is 16.5. The lowest BCUT2D eigenvalue weighted by atomic mass is 10.0. The number of methoxy groups -OCH3 is 1. The molecule has 1 aromatic heterocycles. The van der Waals surface area contributed by atoms with Crippen molar-refractivity contribution in [3.63, 3.8) is 0 Å². The van der Waals surface area contributed by atoms with Crippen molar-refractivity contribution < 1.29 is 14.2 Å². The lowest BCUT2D eigenvalue weighted by molar-refractivity contribution is 0.0321. The number of hydrogen-bond donors (Lipinski definition) is 1. The van der Waals surface area contributed by atoms with Gasteiger partial charge in [0.1, 0.15) is 18.2 Å². The summed E-state index contributed by atoms with van der Waals surface area (Å²) in [5.41, 5.74) is 1.70. The highest BCUT2D eigenvalue weighted by molar-refractivity contribution is 5.72. The van der Waals surface area contributed by atoms with Gasteiger partial charge in [0.15, 0.2) is 11.5 Å². The molecule has 0 saturated carbocycles. The van der Waals surface area contributed by atoms with Crippen LogP contribution in [0.5, 0.6) is 11.5 Å². The van der Waals surface area contributed by atoms with E-state index in [1.165, 1.54) is 0 Å². The van der Waals surface area contributed by atoms with E-state index in [0.29, 0.717) is 29.4 Å². The fourth-order valence-electron chi connectivity index (χ4n) is 3.09. The maximum absolute atomic E-state index is 12.0. The molecule has 0 aliphatic carbocycles. The van der Waals surface area contributed by atoms with E-state index < -0.39 is 5.56 Å². The highest BCUT2D eigenvalue weighted by Crippen LogP contribution is 2.33. The Balaban J connectivity index is 1.78. The summed E-state index contributed by atoms with van der Waals surface area (Å²) in [7, 11) is 1.57. The molecular weight excluding hydrogens is 346 g/mol. The fourth-order valence-corrected chi connectivity index (χ4v) is 3.09. The summed E-state index contributed by atoms with van der Waals surface area (Å²) in [6, 6.07) is 9.20. The zero-order valence-corrected chi connectivity index (χ0v) is 15.6. The SMILES string of the molecule is COc1cc(-c2cc(C)[nH]c(=O)c2C#N)ccc1OCCN1CCOCC1. The Morgan fingerprint density at radius 1 is 1.26 bits per heavy atom. The van der Waals surface area contributed by atoms with Gasteiger partial charge in [0.2, 0.25) is 0 Å². The van der Waals surface area contributed by atoms with E-state index >= 15 is 0 Å². The first kappa shape index (κ1) is 19.0. The van der Waals surface area contributed by atoms with Gasteiger partial charge in [-0.15, -0.1) is 0 Å². The van der Waals surface area contributed by atoms with E-state index in [4.69, 9.17) is 14.2 Å². The van der Waals surface area contributed by atoms with Crippen molar-refractivity contribution in [1.29, 1.82) is 5.26 Å². The van der Waals surface area contributed by atoms with Crippen molar-refractivity contribution in [1.82, 2.24) is 9.88 Å². The standard InChI is InChI=1S/C20H23N3O4/c1-14-11-16(17(13-21)20(24)22-14)15-3-4-18(19(12-15)25-2)27-10-7-23-5-8-26-9-6-23/h3-4,11-12H,5-10H2,1-2H3,(H,22,24). The molecule has 0 bridgehead atoms. The van der Waals surface area contributed by atoms with E-state index in [0.717, 1.165) is 38.4 Å². The van der Waals surface area contributed by atoms with Gasteiger partial charge in [-0.05, 0) is 30.7 Å². The van der Waals surface area contributed by atoms with Crippen LogP contribution < -0.4 is 15.0 Å². The second kappa shape index (κ2) is 8.71. The third-order valence-electron chi connectivity index (χ3n) is 4.52. The molecule has 1 N–H and O–H groups in total. The Hall–Kier alpha value is -2.82. The molecule has 1 aliphatic heterocycles. The molecule has 27 heavy (non-hydrogen) atoms. The normalized spacial score (nSPS) is 14.6. The monoisotopic (exact) mass is 369 g/mol. The third-order valence-corrected chi connectivity index (χ3v) is 4.52. The number of H-pyrrole nitrogens is 1. The molecule has 2 aromatic rings. The molecule has 1 aliphatic rings. The first-order valence-electron chi connectivity index (χ1n) is 8.87. The Morgan fingerprint density at radius 2 is 2.04 bits per heavy atom. The summed E-state index contributed by atoms with van der Waals surface area (Å²) in [6.07, 6.45) is 0. The van der Waals surface area contributed by atoms with Crippen LogP contribution >= 0.6 is 0 Å². The van der Waals surface area contributed by atoms with E-state index in [1.807, 2.05) is 18.2 Å². The van der Waals surface area contributed by atoms with Crippen LogP contribution in [0.3, 0.4) is 0 Å². The van der Waals surface area contributed by atoms with Crippen LogP contribution in [0.25, 0.3) is 11.1 Å². The number of benzene rings is 1. The van der Waals surface area contributed by atoms with Crippen LogP contribution in [-0.4, -0.2) is 56.4 Å². The number of pyridine rings is 1. The average Bonchev–Trinajstić information content (AvgIpc) is 2.68. The predicted octanol–water partition coefficient (Wildman–Crippen LogP) is 1.94. The number of rotatable bonds is 6. The summed E-state index contributed by atoms with van der Waals surface area (Å²) in [4.78, 5) is 17.0. The molecule has 1 saturated heterocycles. The van der Waals surface area contributed by atoms with Crippen molar-refractivity contribution in [2.24, 2.45) is 0 Å². The number of hydrogen-bond acceptors (Lipinski definition) is 6. The molecule has 1 aromatic carbocycles. The summed E-state index contributed by atoms with van der Waals surface area (Å²) in [5.74, 6) is 1.20. The Kier molecular flexibility index (Phi) is 6.12. The molecule has 0 radical (unpaired) electrons. The van der Waals surface area contributed by atoms with Crippen LogP contribution in [0.1, 0.15) is 11.3 Å². The minimum Gasteiger partial charge on any atom is -0.493 e. The molecule has 1 fully saturated rings. The van der Waals surface area contributed by atoms with Gasteiger partial charge in [-0.1, -0.05) is 6.07 Å². The van der Waals surface area contributed by atoms with Crippen molar-refractivity contribution in [2.75, 3.05) is 46.6 Å². The molecule has 0 amide bonds. The molecule has 0 unspecified atom stereocenters. The van der Waals surface area contributed by atoms with Gasteiger partial charge in [-0.3, -0.25) is 9.69 Å². The molecule has 7 nitrogen and oxygen atoms in total. The fraction of sp³-hybridized carbons (Fsp3) is 0.400. The minimum atomic E-state index is -0.391. The van der Waals surface area contributed by atoms with Crippen molar-refractivity contribution >= 4 is 0 Å². The van der Waals surface area contributed by atoms with Gasteiger partial charge in [0.05, 0.1) is 20.3 Å². The Morgan fingerprint density at radius 3 is 2.74 bits per heavy atom. The zero-order valence-electron chi connectivity index (χ0n) is 15.6. The van der Waals surface area contributed by atoms with Gasteiger partial charge in [0, 0.05) is 30.9 Å². The average molecular weight is 369 g/mol. The number of aromatic nitrogens is 1. The lowest BCUT2D eigenvalue weighted by Crippen LogP contribution is -2.38. The first-order chi connectivity index (χ1) is 13.1. The van der Waals surface area contributed by atoms with E-state index in [1.54, 1.807) is 26.2 Å². The first-order valence-corrected chi connectivity index (χ1v) is 8.87. The van der Waals surface area contributed by atoms with Gasteiger partial charge in [-0.2, -0.15) is 5.26 Å². The zero-order chi connectivity index (χ0) is 19.2. The van der Waals surface area contributed by atoms with Gasteiger partial charge < -0.3 is 19.2 Å². The summed E-state index contributed by atoms with van der Waals surface area (Å²) >= 11 is 0. The van der Waals surface area contributed by atoms with Gasteiger partial charge >= 0.3 is 0 Å². The number of nitriles is 1. The number of morpholine rings is 1. The molecule has 2 heterocycles. The number of nitrogens with one attached hydrogen (secondary N) is 1. The lowest BCUT2D eigenvalue weighted by Gasteiger charge is -2.26. The molecule has 3 rings (SSSR count). The Labute approximate surface area is 158 Å². The summed E-state index contributed by atoms with van der Waals surface area (Å²) < 4.78 is 16.7. The molecule has 0 atom stereocenters. The van der Waals surface area contributed by atoms with Crippen molar-refractivity contribution in [2.45, 2.75) is 6.92 Å². The van der Waals surface area contributed by atoms with Crippen molar-refractivity contribution in [3.05, 3.63) is 45.9 Å². The molecule has 7 heteroatoms. The van der Waals surface area contributed by atoms with Gasteiger partial charge in [0.25, 0.3) is 5.56 Å². The smallest absolute Gasteiger partial charge is 0.266 e. The predicted molar refractivity (Wildman–Crippen MR) is 101 cm³/mol. The summed E-state index contributed by atoms with van der Waals surface area (Å²) in [6.45, 7) is 6.50. The van der Waals surface area contributed by atoms with Crippen molar-refractivity contribution in [3.8, 4) is 28.7 Å². The second-order valence-corrected chi connectivity index (χ2v) is 6.35. The second-order valence-electron chi connectivity index (χ2n) is 6.35. The maximum atomic E-state index is 12.0. The maximum Gasteiger partial charge on any atom is 0.266 e. The topological polar surface area (TPSA) is 87.6 Å². The third kappa shape index (κ3) is 4.48. The number of aryl methyl sites for hydroxylation is 1. The van der Waals surface area contributed by atoms with Crippen LogP contribution in [0.15, 0.2) is 29.1 Å². The molecular formula is C20H23N3O4. The van der Waals surface area contributed by atoms with E-state index in [2.05, 4.69) is 9.88 Å². The number of aromatic amines is 1. The minimum absolute atomic E-state index is 0.0867. The number of ether oxygens (including phenoxy) is 3.